The van der Waals surface area contributed by atoms with Gasteiger partial charge in [0.25, 0.3) is 0 Å². The number of carbonyl (C=O) groups is 2. The zero-order valence-corrected chi connectivity index (χ0v) is 44.0. The van der Waals surface area contributed by atoms with Crippen molar-refractivity contribution < 1.29 is 71.4 Å². The van der Waals surface area contributed by atoms with Crippen LogP contribution in [-0.4, -0.2) is 96.9 Å². The van der Waals surface area contributed by atoms with Crippen molar-refractivity contribution in [2.75, 3.05) is 25.6 Å². The third-order valence-corrected chi connectivity index (χ3v) is 13.0. The van der Waals surface area contributed by atoms with Crippen molar-refractivity contribution in [3.05, 3.63) is 132 Å². The van der Waals surface area contributed by atoms with Crippen molar-refractivity contribution in [2.24, 2.45) is 0 Å². The zero-order chi connectivity index (χ0) is 53.6. The van der Waals surface area contributed by atoms with Gasteiger partial charge in [-0.25, -0.2) is 13.9 Å². The van der Waals surface area contributed by atoms with Gasteiger partial charge in [-0.2, -0.15) is 9.29 Å². The van der Waals surface area contributed by atoms with E-state index in [1.807, 2.05) is 48.6 Å². The topological polar surface area (TPSA) is 286 Å². The molecule has 0 bridgehead atoms. The van der Waals surface area contributed by atoms with Crippen molar-refractivity contribution in [1.29, 1.82) is 0 Å². The Morgan fingerprint density at radius 3 is 1.96 bits per heavy atom. The summed E-state index contributed by atoms with van der Waals surface area (Å²) in [7, 11) is -10.9. The Morgan fingerprint density at radius 2 is 1.30 bits per heavy atom. The van der Waals surface area contributed by atoms with Gasteiger partial charge in [-0.05, 0) is 83.1 Å². The van der Waals surface area contributed by atoms with E-state index in [1.165, 1.54) is 6.07 Å². The van der Waals surface area contributed by atoms with E-state index in [0.29, 0.717) is 32.1 Å². The third kappa shape index (κ3) is 31.7. The standard InChI is InChI=1S/C52H79N3O16P2/c1-3-5-7-9-11-12-13-14-15-16-17-22-25-29-33-37-48(58)69-44(40-66-47(57)36-32-28-24-21-19-18-20-23-27-31-35-43(56)34-30-26-10-8-6-4-2)41-67-72(62,63)71-73(64,65)68-42-45-49(59)50(60)51(70-45)55-39-38-46(53)54-52(55)61/h5-8,11-12,14-15,18-19,23-24,26-28,30-31,35,38-39,43-45,49-51,56,59-60H,3-4,9-10,13,16-17,20-22,25,29,32-34,36-37,40-42H2,1-2H3,(H,62,63)(H,64,65)(H2,53,54,61)/b7-5-,8-6-,12-11-,15-14-,19-18-,27-23-,28-24-,30-26-,35-31+/t43?,44-,45-,49-,50-,51-/m1/s1. The normalized spacial score (nSPS) is 20.3. The molecule has 1 saturated heterocycles. The summed E-state index contributed by atoms with van der Waals surface area (Å²) in [6.07, 6.45) is 40.7. The molecule has 19 nitrogen and oxygen atoms in total. The van der Waals surface area contributed by atoms with E-state index >= 15 is 0 Å². The molecule has 21 heteroatoms. The van der Waals surface area contributed by atoms with Gasteiger partial charge >= 0.3 is 33.3 Å². The van der Waals surface area contributed by atoms with Gasteiger partial charge in [0.1, 0.15) is 30.7 Å². The number of unbranched alkanes of at least 4 members (excludes halogenated alkanes) is 5. The molecule has 1 aliphatic heterocycles. The number of rotatable bonds is 39. The molecule has 2 heterocycles. The van der Waals surface area contributed by atoms with Crippen LogP contribution >= 0.6 is 15.6 Å². The Hall–Kier alpha value is -4.62. The number of nitrogens with two attached hydrogens (primary N) is 1. The lowest BCUT2D eigenvalue weighted by atomic mass is 10.1. The van der Waals surface area contributed by atoms with Crippen LogP contribution < -0.4 is 11.4 Å². The largest absolute Gasteiger partial charge is 0.481 e. The summed E-state index contributed by atoms with van der Waals surface area (Å²) in [6, 6.07) is 1.24. The second-order valence-corrected chi connectivity index (χ2v) is 19.8. The highest BCUT2D eigenvalue weighted by Crippen LogP contribution is 2.60. The van der Waals surface area contributed by atoms with Crippen LogP contribution in [0.5, 0.6) is 0 Å². The summed E-state index contributed by atoms with van der Waals surface area (Å²) < 4.78 is 56.6. The molecule has 1 aliphatic rings. The molecule has 0 aromatic carbocycles. The van der Waals surface area contributed by atoms with Crippen LogP contribution in [-0.2, 0) is 46.3 Å². The van der Waals surface area contributed by atoms with Crippen molar-refractivity contribution in [2.45, 2.75) is 160 Å². The van der Waals surface area contributed by atoms with Crippen molar-refractivity contribution in [3.63, 3.8) is 0 Å². The predicted molar refractivity (Wildman–Crippen MR) is 280 cm³/mol. The monoisotopic (exact) mass is 1060 g/mol. The number of carbonyl (C=O) groups excluding carboxylic acids is 2. The highest BCUT2D eigenvalue weighted by molar-refractivity contribution is 7.61. The Morgan fingerprint density at radius 1 is 0.726 bits per heavy atom. The van der Waals surface area contributed by atoms with Gasteiger partial charge in [-0.3, -0.25) is 23.2 Å². The van der Waals surface area contributed by atoms with Gasteiger partial charge in [0.15, 0.2) is 12.3 Å². The number of hydrogen-bond acceptors (Lipinski definition) is 16. The second kappa shape index (κ2) is 38.9. The van der Waals surface area contributed by atoms with Gasteiger partial charge in [0.2, 0.25) is 0 Å². The number of hydrogen-bond donors (Lipinski definition) is 6. The van der Waals surface area contributed by atoms with E-state index in [1.54, 1.807) is 12.2 Å². The first kappa shape index (κ1) is 64.5. The summed E-state index contributed by atoms with van der Waals surface area (Å²) in [4.78, 5) is 61.9. The third-order valence-electron chi connectivity index (χ3n) is 10.4. The van der Waals surface area contributed by atoms with Gasteiger partial charge in [-0.15, -0.1) is 0 Å². The molecule has 7 N–H and O–H groups in total. The molecule has 0 radical (unpaired) electrons. The molecule has 2 rings (SSSR count). The first-order valence-electron chi connectivity index (χ1n) is 25.0. The summed E-state index contributed by atoms with van der Waals surface area (Å²) in [5, 5.41) is 30.9. The predicted octanol–water partition coefficient (Wildman–Crippen LogP) is 9.19. The number of nitrogen functional groups attached to an aromatic ring is 1. The number of anilines is 1. The van der Waals surface area contributed by atoms with Crippen LogP contribution in [0.15, 0.2) is 126 Å². The fourth-order valence-electron chi connectivity index (χ4n) is 6.61. The number of phosphoric ester groups is 2. The molecule has 1 aromatic rings. The maximum atomic E-state index is 12.8. The molecule has 408 valence electrons. The molecule has 1 aromatic heterocycles. The van der Waals surface area contributed by atoms with Crippen molar-refractivity contribution >= 4 is 33.4 Å². The van der Waals surface area contributed by atoms with Gasteiger partial charge in [0.05, 0.1) is 19.3 Å². The minimum absolute atomic E-state index is 0.00224. The summed E-state index contributed by atoms with van der Waals surface area (Å²) in [5.74, 6) is -1.47. The van der Waals surface area contributed by atoms with Crippen molar-refractivity contribution in [3.8, 4) is 0 Å². The number of phosphoric acid groups is 2. The Kier molecular flexibility index (Phi) is 34.4. The van der Waals surface area contributed by atoms with E-state index in [4.69, 9.17) is 29.0 Å². The van der Waals surface area contributed by atoms with E-state index in [0.717, 1.165) is 75.0 Å². The average Bonchev–Trinajstić information content (AvgIpc) is 3.62. The molecule has 73 heavy (non-hydrogen) atoms. The number of allylic oxidation sites excluding steroid dienone is 16. The van der Waals surface area contributed by atoms with E-state index in [2.05, 4.69) is 71.8 Å². The smallest absolute Gasteiger partial charge is 0.462 e. The maximum absolute atomic E-state index is 12.8. The lowest BCUT2D eigenvalue weighted by Gasteiger charge is -2.21. The molecule has 0 aliphatic carbocycles. The SMILES string of the molecule is CC/C=C\C/C=C\C/C=C\CCCCCCCC(=O)O[C@H](COC(=O)CC/C=C\C/C=C\C/C=C\C=C\C(O)C/C=C\C/C=C\CC)COP(=O)(O)OP(=O)(O)OC[C@H]1O[C@@H](n2ccc(N)nc2=O)[C@H](O)[C@@H]1O. The van der Waals surface area contributed by atoms with Gasteiger partial charge < -0.3 is 45.1 Å². The quantitative estimate of drug-likeness (QED) is 0.0118. The molecule has 3 unspecified atom stereocenters. The molecule has 0 spiro atoms. The highest BCUT2D eigenvalue weighted by atomic mass is 31.3. The minimum atomic E-state index is -5.46. The van der Waals surface area contributed by atoms with Crippen LogP contribution in [0.2, 0.25) is 0 Å². The Bertz CT molecular complexity index is 2170. The number of aliphatic hydroxyl groups excluding tert-OH is 3. The fraction of sp³-hybridized carbons (Fsp3) is 0.538. The molecular weight excluding hydrogens is 985 g/mol. The van der Waals surface area contributed by atoms with E-state index < -0.39 is 89.8 Å². The van der Waals surface area contributed by atoms with E-state index in [-0.39, 0.29) is 18.7 Å². The number of aromatic nitrogens is 2. The minimum Gasteiger partial charge on any atom is -0.462 e. The van der Waals surface area contributed by atoms with E-state index in [9.17, 15) is 48.6 Å². The Labute approximate surface area is 430 Å². The van der Waals surface area contributed by atoms with Crippen LogP contribution in [0.25, 0.3) is 0 Å². The maximum Gasteiger partial charge on any atom is 0.481 e. The number of ether oxygens (including phenoxy) is 3. The second-order valence-electron chi connectivity index (χ2n) is 16.7. The molecule has 0 saturated carbocycles. The molecule has 8 atom stereocenters. The number of aliphatic hydroxyl groups is 3. The Balaban J connectivity index is 1.86. The first-order chi connectivity index (χ1) is 35.1. The summed E-state index contributed by atoms with van der Waals surface area (Å²) in [5.41, 5.74) is 4.57. The zero-order valence-electron chi connectivity index (χ0n) is 42.2. The van der Waals surface area contributed by atoms with Gasteiger partial charge in [0, 0.05) is 19.0 Å². The summed E-state index contributed by atoms with van der Waals surface area (Å²) >= 11 is 0. The first-order valence-corrected chi connectivity index (χ1v) is 28.0. The number of nitrogens with zero attached hydrogens (tertiary/aromatic N) is 2. The van der Waals surface area contributed by atoms with Crippen LogP contribution in [0.1, 0.15) is 129 Å². The van der Waals surface area contributed by atoms with Crippen molar-refractivity contribution in [1.82, 2.24) is 9.55 Å². The number of esters is 2. The molecule has 0 amide bonds. The van der Waals surface area contributed by atoms with Crippen LogP contribution in [0, 0.1) is 0 Å². The van der Waals surface area contributed by atoms with Gasteiger partial charge in [-0.1, -0.05) is 142 Å². The average molecular weight is 1060 g/mol. The van der Waals surface area contributed by atoms with Crippen LogP contribution in [0.3, 0.4) is 0 Å². The fourth-order valence-corrected chi connectivity index (χ4v) is 8.72. The lowest BCUT2D eigenvalue weighted by molar-refractivity contribution is -0.161. The molecular formula is C52H79N3O16P2. The molecule has 1 fully saturated rings. The lowest BCUT2D eigenvalue weighted by Crippen LogP contribution is -2.36. The van der Waals surface area contributed by atoms with Crippen LogP contribution in [0.4, 0.5) is 5.82 Å². The summed E-state index contributed by atoms with van der Waals surface area (Å²) in [6.45, 7) is 1.74. The highest BCUT2D eigenvalue weighted by Gasteiger charge is 2.46.